The van der Waals surface area contributed by atoms with E-state index in [2.05, 4.69) is 24.8 Å². The van der Waals surface area contributed by atoms with Gasteiger partial charge in [0.15, 0.2) is 11.6 Å². The molecule has 1 aliphatic heterocycles. The van der Waals surface area contributed by atoms with E-state index in [4.69, 9.17) is 5.73 Å². The van der Waals surface area contributed by atoms with Crippen molar-refractivity contribution in [2.45, 2.75) is 70.1 Å². The van der Waals surface area contributed by atoms with Gasteiger partial charge in [0.2, 0.25) is 5.75 Å². The number of hydrogen-bond acceptors (Lipinski definition) is 7. The molecule has 208 valence electrons. The number of aromatic nitrogens is 2. The predicted octanol–water partition coefficient (Wildman–Crippen LogP) is 6.18. The molecular formula is C28H30F4N4O3. The van der Waals surface area contributed by atoms with E-state index in [0.29, 0.717) is 44.5 Å². The Morgan fingerprint density at radius 1 is 1.10 bits per heavy atom. The highest BCUT2D eigenvalue weighted by Gasteiger charge is 2.46. The van der Waals surface area contributed by atoms with Crippen LogP contribution in [0.2, 0.25) is 0 Å². The highest BCUT2D eigenvalue weighted by molar-refractivity contribution is 5.91. The summed E-state index contributed by atoms with van der Waals surface area (Å²) in [4.78, 5) is 22.0. The van der Waals surface area contributed by atoms with Crippen molar-refractivity contribution in [3.63, 3.8) is 0 Å². The van der Waals surface area contributed by atoms with Crippen molar-refractivity contribution in [3.8, 4) is 11.5 Å². The zero-order valence-electron chi connectivity index (χ0n) is 21.5. The van der Waals surface area contributed by atoms with E-state index in [-0.39, 0.29) is 46.2 Å². The number of ether oxygens (including phenoxy) is 2. The monoisotopic (exact) mass is 546 g/mol. The number of anilines is 1. The Balaban J connectivity index is 1.27. The highest BCUT2D eigenvalue weighted by atomic mass is 19.3. The molecular weight excluding hydrogens is 516 g/mol. The van der Waals surface area contributed by atoms with E-state index in [0.717, 1.165) is 24.5 Å². The van der Waals surface area contributed by atoms with Crippen molar-refractivity contribution in [1.82, 2.24) is 15.3 Å². The molecule has 0 radical (unpaired) electrons. The van der Waals surface area contributed by atoms with Gasteiger partial charge in [0.1, 0.15) is 28.8 Å². The maximum Gasteiger partial charge on any atom is 0.586 e. The number of carbonyl (C=O) groups excluding carboxylic acids is 1. The lowest BCUT2D eigenvalue weighted by Gasteiger charge is -2.25. The summed E-state index contributed by atoms with van der Waals surface area (Å²) in [5, 5.41) is 3.40. The van der Waals surface area contributed by atoms with Crippen LogP contribution in [0.4, 0.5) is 23.4 Å². The molecule has 3 N–H and O–H groups in total. The Hall–Kier alpha value is -3.47. The number of ketones is 1. The van der Waals surface area contributed by atoms with Gasteiger partial charge in [0, 0.05) is 29.7 Å². The summed E-state index contributed by atoms with van der Waals surface area (Å²) in [5.74, 6) is -2.26. The standard InChI is InChI=1S/C28H30F4N4O3/c1-2-34-20(15-9-11-18(29)12-10-15)14-21(37)16-5-3-7-17(8-4-6-16)27-35-24-19(26(33)36-27)13-22-25(23(24)30)39-28(31,32)38-22/h9-13,16-17,20,34H,2-8,14H2,1H3,(H2,33,35,36)/t16?,17?,20-/m1/s1. The molecule has 3 aromatic rings. The largest absolute Gasteiger partial charge is 0.586 e. The fourth-order valence-corrected chi connectivity index (χ4v) is 5.56. The van der Waals surface area contributed by atoms with Crippen LogP contribution in [0.3, 0.4) is 0 Å². The number of nitrogens with two attached hydrogens (primary N) is 1. The molecule has 1 aliphatic carbocycles. The second kappa shape index (κ2) is 11.0. The maximum absolute atomic E-state index is 15.1. The number of rotatable bonds is 7. The number of nitrogens with one attached hydrogen (secondary N) is 1. The second-order valence-electron chi connectivity index (χ2n) is 10.1. The third-order valence-corrected chi connectivity index (χ3v) is 7.51. The van der Waals surface area contributed by atoms with Crippen LogP contribution in [0.25, 0.3) is 10.9 Å². The molecule has 39 heavy (non-hydrogen) atoms. The topological polar surface area (TPSA) is 99.4 Å². The van der Waals surface area contributed by atoms with Gasteiger partial charge in [-0.3, -0.25) is 4.79 Å². The minimum Gasteiger partial charge on any atom is -0.395 e. The van der Waals surface area contributed by atoms with Crippen LogP contribution in [0.1, 0.15) is 75.2 Å². The average Bonchev–Trinajstić information content (AvgIpc) is 3.19. The fourth-order valence-electron chi connectivity index (χ4n) is 5.56. The molecule has 2 aliphatic rings. The van der Waals surface area contributed by atoms with E-state index in [1.807, 2.05) is 6.92 Å². The van der Waals surface area contributed by atoms with Crippen molar-refractivity contribution < 1.29 is 31.8 Å². The molecule has 2 heterocycles. The maximum atomic E-state index is 15.1. The first-order valence-electron chi connectivity index (χ1n) is 13.2. The van der Waals surface area contributed by atoms with Crippen LogP contribution < -0.4 is 20.5 Å². The molecule has 7 nitrogen and oxygen atoms in total. The van der Waals surface area contributed by atoms with E-state index < -0.39 is 23.6 Å². The molecule has 0 spiro atoms. The molecule has 2 aromatic carbocycles. The third-order valence-electron chi connectivity index (χ3n) is 7.51. The number of fused-ring (bicyclic) bond motifs is 2. The first-order chi connectivity index (χ1) is 18.6. The molecule has 1 saturated carbocycles. The van der Waals surface area contributed by atoms with Crippen molar-refractivity contribution in [2.24, 2.45) is 5.92 Å². The molecule has 0 saturated heterocycles. The van der Waals surface area contributed by atoms with E-state index in [9.17, 15) is 18.0 Å². The number of hydrogen-bond donors (Lipinski definition) is 2. The minimum absolute atomic E-state index is 0.0270. The first-order valence-corrected chi connectivity index (χ1v) is 13.2. The van der Waals surface area contributed by atoms with Gasteiger partial charge in [-0.25, -0.2) is 18.7 Å². The number of nitrogen functional groups attached to an aromatic ring is 1. The van der Waals surface area contributed by atoms with Crippen LogP contribution in [-0.4, -0.2) is 28.6 Å². The summed E-state index contributed by atoms with van der Waals surface area (Å²) in [5.41, 5.74) is 6.77. The van der Waals surface area contributed by atoms with Crippen LogP contribution in [0, 0.1) is 17.6 Å². The van der Waals surface area contributed by atoms with Crippen molar-refractivity contribution in [2.75, 3.05) is 12.3 Å². The minimum atomic E-state index is -3.97. The molecule has 1 atom stereocenters. The van der Waals surface area contributed by atoms with Gasteiger partial charge in [-0.1, -0.05) is 31.9 Å². The molecule has 5 rings (SSSR count). The van der Waals surface area contributed by atoms with E-state index in [1.54, 1.807) is 12.1 Å². The van der Waals surface area contributed by atoms with Gasteiger partial charge in [-0.15, -0.1) is 8.78 Å². The summed E-state index contributed by atoms with van der Waals surface area (Å²) in [6.45, 7) is 2.65. The van der Waals surface area contributed by atoms with Crippen LogP contribution in [-0.2, 0) is 4.79 Å². The molecule has 1 aromatic heterocycles. The highest BCUT2D eigenvalue weighted by Crippen LogP contribution is 2.46. The molecule has 0 bridgehead atoms. The lowest BCUT2D eigenvalue weighted by Crippen LogP contribution is -2.27. The number of Topliss-reactive ketones (excluding diaryl/α,β-unsaturated/α-hetero) is 1. The van der Waals surface area contributed by atoms with Crippen molar-refractivity contribution in [3.05, 3.63) is 53.4 Å². The van der Waals surface area contributed by atoms with Crippen LogP contribution in [0.15, 0.2) is 30.3 Å². The Kier molecular flexibility index (Phi) is 7.61. The van der Waals surface area contributed by atoms with E-state index in [1.165, 1.54) is 12.1 Å². The number of alkyl halides is 2. The lowest BCUT2D eigenvalue weighted by molar-refractivity contribution is -0.287. The molecule has 1 fully saturated rings. The van der Waals surface area contributed by atoms with Gasteiger partial charge in [0.25, 0.3) is 0 Å². The van der Waals surface area contributed by atoms with Gasteiger partial charge in [-0.05, 0) is 56.0 Å². The zero-order chi connectivity index (χ0) is 27.7. The summed E-state index contributed by atoms with van der Waals surface area (Å²) >= 11 is 0. The number of halogens is 4. The normalized spacial score (nSPS) is 21.4. The Bertz CT molecular complexity index is 1360. The third kappa shape index (κ3) is 5.78. The number of carbonyl (C=O) groups is 1. The average molecular weight is 547 g/mol. The summed E-state index contributed by atoms with van der Waals surface area (Å²) < 4.78 is 64.1. The Labute approximate surface area is 223 Å². The predicted molar refractivity (Wildman–Crippen MR) is 136 cm³/mol. The fraction of sp³-hybridized carbons (Fsp3) is 0.464. The van der Waals surface area contributed by atoms with Crippen molar-refractivity contribution >= 4 is 22.5 Å². The SMILES string of the molecule is CCN[C@H](CC(=O)C1CCCC(c2nc(N)c3cc4c(c(F)c3n2)OC(F)(F)O4)CCC1)c1ccc(F)cc1. The zero-order valence-corrected chi connectivity index (χ0v) is 21.5. The molecule has 0 unspecified atom stereocenters. The molecule has 11 heteroatoms. The Morgan fingerprint density at radius 2 is 1.79 bits per heavy atom. The number of nitrogens with zero attached hydrogens (tertiary/aromatic N) is 2. The summed E-state index contributed by atoms with van der Waals surface area (Å²) in [6.07, 6.45) is 0.574. The number of benzene rings is 2. The van der Waals surface area contributed by atoms with Gasteiger partial charge in [0.05, 0.1) is 0 Å². The lowest BCUT2D eigenvalue weighted by atomic mass is 9.81. The van der Waals surface area contributed by atoms with Crippen molar-refractivity contribution in [1.29, 1.82) is 0 Å². The smallest absolute Gasteiger partial charge is 0.395 e. The summed E-state index contributed by atoms with van der Waals surface area (Å²) in [6, 6.07) is 7.19. The summed E-state index contributed by atoms with van der Waals surface area (Å²) in [7, 11) is 0. The van der Waals surface area contributed by atoms with Gasteiger partial charge < -0.3 is 20.5 Å². The first kappa shape index (κ1) is 27.1. The second-order valence-corrected chi connectivity index (χ2v) is 10.1. The quantitative estimate of drug-likeness (QED) is 0.342. The van der Waals surface area contributed by atoms with Crippen LogP contribution in [0.5, 0.6) is 11.5 Å². The van der Waals surface area contributed by atoms with Gasteiger partial charge >= 0.3 is 6.29 Å². The van der Waals surface area contributed by atoms with E-state index >= 15 is 4.39 Å². The molecule has 0 amide bonds. The van der Waals surface area contributed by atoms with Crippen LogP contribution >= 0.6 is 0 Å². The van der Waals surface area contributed by atoms with Gasteiger partial charge in [-0.2, -0.15) is 0 Å². The Morgan fingerprint density at radius 3 is 2.46 bits per heavy atom.